The van der Waals surface area contributed by atoms with Crippen molar-refractivity contribution in [2.75, 3.05) is 6.54 Å². The van der Waals surface area contributed by atoms with E-state index in [9.17, 15) is 39.9 Å². The molecule has 1 heterocycles. The van der Waals surface area contributed by atoms with E-state index in [1.807, 2.05) is 0 Å². The van der Waals surface area contributed by atoms with Crippen molar-refractivity contribution >= 4 is 5.91 Å². The number of aryl methyl sites for hydroxylation is 1. The van der Waals surface area contributed by atoms with E-state index in [1.54, 1.807) is 4.90 Å². The average Bonchev–Trinajstić information content (AvgIpc) is 3.06. The number of benzene rings is 1. The van der Waals surface area contributed by atoms with Crippen LogP contribution in [0.15, 0.2) is 18.2 Å². The molecule has 2 aliphatic carbocycles. The smallest absolute Gasteiger partial charge is 0.339 e. The number of rotatable bonds is 2. The second-order valence-electron chi connectivity index (χ2n) is 8.37. The highest BCUT2D eigenvalue weighted by atomic mass is 19.4. The summed E-state index contributed by atoms with van der Waals surface area (Å²) in [5.74, 6) is -0.750. The molecule has 0 spiro atoms. The van der Waals surface area contributed by atoms with Gasteiger partial charge in [0.05, 0.1) is 0 Å². The molecule has 0 bridgehead atoms. The molecular weight excluding hydrogens is 422 g/mol. The fraction of sp³-hybridized carbons (Fsp3) is 0.650. The molecule has 1 aromatic rings. The molecule has 0 unspecified atom stereocenters. The van der Waals surface area contributed by atoms with E-state index in [1.165, 1.54) is 0 Å². The summed E-state index contributed by atoms with van der Waals surface area (Å²) in [6, 6.07) is 2.11. The molecule has 10 heteroatoms. The summed E-state index contributed by atoms with van der Waals surface area (Å²) in [6.45, 7) is 0.404. The van der Waals surface area contributed by atoms with Crippen molar-refractivity contribution in [2.24, 2.45) is 5.92 Å². The van der Waals surface area contributed by atoms with Crippen LogP contribution in [0.3, 0.4) is 0 Å². The summed E-state index contributed by atoms with van der Waals surface area (Å²) < 4.78 is 106. The highest BCUT2D eigenvalue weighted by Crippen LogP contribution is 2.54. The minimum absolute atomic E-state index is 0.135. The Bertz CT molecular complexity index is 828. The van der Waals surface area contributed by atoms with Crippen LogP contribution in [-0.2, 0) is 16.9 Å². The van der Waals surface area contributed by atoms with Crippen LogP contribution in [0, 0.1) is 5.92 Å². The van der Waals surface area contributed by atoms with Crippen molar-refractivity contribution in [3.8, 4) is 0 Å². The van der Waals surface area contributed by atoms with Gasteiger partial charge in [0.15, 0.2) is 0 Å². The molecule has 0 radical (unpaired) electrons. The first-order valence-electron chi connectivity index (χ1n) is 9.75. The Labute approximate surface area is 167 Å². The summed E-state index contributed by atoms with van der Waals surface area (Å²) >= 11 is 0. The lowest BCUT2D eigenvalue weighted by Gasteiger charge is -2.38. The molecule has 30 heavy (non-hydrogen) atoms. The summed E-state index contributed by atoms with van der Waals surface area (Å²) in [5.41, 5.74) is -6.13. The highest BCUT2D eigenvalue weighted by molar-refractivity contribution is 5.80. The lowest BCUT2D eigenvalue weighted by Crippen LogP contribution is -2.50. The Balaban J connectivity index is 1.62. The fourth-order valence-electron chi connectivity index (χ4n) is 5.02. The molecule has 1 amide bonds. The third-order valence-electron chi connectivity index (χ3n) is 6.69. The fourth-order valence-corrected chi connectivity index (χ4v) is 5.02. The van der Waals surface area contributed by atoms with Crippen LogP contribution in [0.4, 0.5) is 35.1 Å². The number of carbonyl (C=O) groups is 1. The van der Waals surface area contributed by atoms with Crippen LogP contribution in [0.5, 0.6) is 0 Å². The maximum Gasteiger partial charge on any atom is 0.435 e. The van der Waals surface area contributed by atoms with Crippen molar-refractivity contribution in [1.29, 1.82) is 0 Å². The number of halogens is 8. The zero-order valence-electron chi connectivity index (χ0n) is 15.7. The van der Waals surface area contributed by atoms with E-state index in [2.05, 4.69) is 0 Å². The topological polar surface area (TPSA) is 20.3 Å². The molecule has 4 rings (SSSR count). The molecule has 1 aliphatic heterocycles. The maximum atomic E-state index is 14.4. The summed E-state index contributed by atoms with van der Waals surface area (Å²) in [5, 5.41) is 0. The van der Waals surface area contributed by atoms with Gasteiger partial charge < -0.3 is 4.90 Å². The van der Waals surface area contributed by atoms with Crippen LogP contribution < -0.4 is 0 Å². The minimum atomic E-state index is -6.15. The Morgan fingerprint density at radius 2 is 1.60 bits per heavy atom. The van der Waals surface area contributed by atoms with Crippen molar-refractivity contribution in [2.45, 2.75) is 68.3 Å². The van der Waals surface area contributed by atoms with Gasteiger partial charge in [-0.05, 0) is 43.2 Å². The van der Waals surface area contributed by atoms with E-state index < -0.39 is 29.8 Å². The van der Waals surface area contributed by atoms with Gasteiger partial charge in [0.1, 0.15) is 6.17 Å². The van der Waals surface area contributed by atoms with Crippen molar-refractivity contribution in [3.05, 3.63) is 34.9 Å². The largest absolute Gasteiger partial charge is 0.435 e. The van der Waals surface area contributed by atoms with Gasteiger partial charge in [0.2, 0.25) is 5.91 Å². The van der Waals surface area contributed by atoms with Crippen LogP contribution >= 0.6 is 0 Å². The third-order valence-corrected chi connectivity index (χ3v) is 6.69. The molecule has 2 fully saturated rings. The average molecular weight is 441 g/mol. The number of fused-ring (bicyclic) bond motifs is 3. The van der Waals surface area contributed by atoms with Gasteiger partial charge in [-0.3, -0.25) is 4.79 Å². The maximum absolute atomic E-state index is 14.4. The van der Waals surface area contributed by atoms with Gasteiger partial charge in [-0.1, -0.05) is 18.2 Å². The first-order valence-corrected chi connectivity index (χ1v) is 9.75. The number of hydrogen-bond donors (Lipinski definition) is 0. The Morgan fingerprint density at radius 3 is 2.17 bits per heavy atom. The number of alkyl halides is 8. The van der Waals surface area contributed by atoms with Gasteiger partial charge in [-0.25, -0.2) is 8.78 Å². The van der Waals surface area contributed by atoms with Gasteiger partial charge in [-0.2, -0.15) is 26.3 Å². The van der Waals surface area contributed by atoms with Gasteiger partial charge in [-0.15, -0.1) is 0 Å². The monoisotopic (exact) mass is 441 g/mol. The highest BCUT2D eigenvalue weighted by Gasteiger charge is 2.73. The van der Waals surface area contributed by atoms with Crippen molar-refractivity contribution in [1.82, 2.24) is 4.90 Å². The molecule has 2 nitrogen and oxygen atoms in total. The Hall–Kier alpha value is -1.87. The molecule has 0 N–H and O–H groups in total. The zero-order chi connectivity index (χ0) is 22.1. The molecule has 0 aromatic heterocycles. The van der Waals surface area contributed by atoms with Crippen LogP contribution in [0.1, 0.15) is 48.3 Å². The van der Waals surface area contributed by atoms with E-state index in [0.717, 1.165) is 6.07 Å². The van der Waals surface area contributed by atoms with Gasteiger partial charge in [0, 0.05) is 30.0 Å². The second-order valence-corrected chi connectivity index (χ2v) is 8.37. The molecule has 1 saturated carbocycles. The minimum Gasteiger partial charge on any atom is -0.339 e. The predicted molar refractivity (Wildman–Crippen MR) is 90.1 cm³/mol. The number of likely N-dealkylation sites (tertiary alicyclic amines) is 1. The van der Waals surface area contributed by atoms with Gasteiger partial charge >= 0.3 is 18.0 Å². The molecule has 166 valence electrons. The van der Waals surface area contributed by atoms with Gasteiger partial charge in [0.25, 0.3) is 0 Å². The molecular formula is C20H19F8NO. The normalized spacial score (nSPS) is 29.3. The summed E-state index contributed by atoms with van der Waals surface area (Å²) in [6.07, 6.45) is -11.9. The van der Waals surface area contributed by atoms with Crippen LogP contribution in [-0.4, -0.2) is 41.9 Å². The Kier molecular flexibility index (Phi) is 4.85. The molecule has 2 atom stereocenters. The second kappa shape index (κ2) is 6.82. The zero-order valence-corrected chi connectivity index (χ0v) is 15.7. The Morgan fingerprint density at radius 1 is 0.967 bits per heavy atom. The first kappa shape index (κ1) is 21.4. The first-order chi connectivity index (χ1) is 13.8. The lowest BCUT2D eigenvalue weighted by atomic mass is 9.77. The van der Waals surface area contributed by atoms with E-state index in [0.29, 0.717) is 37.1 Å². The molecule has 1 aromatic carbocycles. The quantitative estimate of drug-likeness (QED) is 0.567. The van der Waals surface area contributed by atoms with Crippen LogP contribution in [0.2, 0.25) is 0 Å². The van der Waals surface area contributed by atoms with E-state index in [4.69, 9.17) is 0 Å². The van der Waals surface area contributed by atoms with E-state index >= 15 is 0 Å². The summed E-state index contributed by atoms with van der Waals surface area (Å²) in [4.78, 5) is 14.3. The molecule has 1 saturated heterocycles. The predicted octanol–water partition coefficient (Wildman–Crippen LogP) is 5.35. The third kappa shape index (κ3) is 3.09. The number of hydrogen-bond acceptors (Lipinski definition) is 1. The lowest BCUT2D eigenvalue weighted by molar-refractivity contribution is -0.348. The number of nitrogens with zero attached hydrogens (tertiary/aromatic N) is 1. The number of amides is 1. The summed E-state index contributed by atoms with van der Waals surface area (Å²) in [7, 11) is 0. The SMILES string of the molecule is O=C(C1CC(F)C1)N1CC[C@H]2c3ccc(C(F)(C(F)(F)F)C(F)(F)F)cc3CC[C@H]21. The van der Waals surface area contributed by atoms with Crippen molar-refractivity contribution < 1.29 is 39.9 Å². The van der Waals surface area contributed by atoms with Crippen molar-refractivity contribution in [3.63, 3.8) is 0 Å². The van der Waals surface area contributed by atoms with Crippen LogP contribution in [0.25, 0.3) is 0 Å². The number of carbonyl (C=O) groups excluding carboxylic acids is 1. The van der Waals surface area contributed by atoms with E-state index in [-0.39, 0.29) is 48.6 Å². The molecule has 3 aliphatic rings. The standard InChI is InChI=1S/C20H19F8NO/c21-13-8-11(9-13)17(30)29-6-5-15-14-3-2-12(7-10(14)1-4-16(15)29)18(22,19(23,24)25)20(26,27)28/h2-3,7,11,13,15-16H,1,4-6,8-9H2/t11?,13?,15-,16+/m0/s1.